The summed E-state index contributed by atoms with van der Waals surface area (Å²) in [5.74, 6) is 0. The molecular weight excluding hydrogens is 208 g/mol. The number of hydrogen-bond donors (Lipinski definition) is 0. The van der Waals surface area contributed by atoms with Gasteiger partial charge in [-0.2, -0.15) is 0 Å². The molecule has 1 heterocycles. The van der Waals surface area contributed by atoms with E-state index < -0.39 is 0 Å². The van der Waals surface area contributed by atoms with Crippen molar-refractivity contribution in [1.82, 2.24) is 4.90 Å². The molecule has 1 aromatic carbocycles. The van der Waals surface area contributed by atoms with Crippen LogP contribution in [-0.2, 0) is 6.42 Å². The summed E-state index contributed by atoms with van der Waals surface area (Å²) in [5, 5.41) is 0. The number of rotatable bonds is 4. The van der Waals surface area contributed by atoms with Gasteiger partial charge >= 0.3 is 0 Å². The molecule has 0 aliphatic carbocycles. The smallest absolute Gasteiger partial charge is 0.0361 e. The lowest BCUT2D eigenvalue weighted by atomic mass is 10.1. The van der Waals surface area contributed by atoms with Gasteiger partial charge in [0.25, 0.3) is 0 Å². The fourth-order valence-corrected chi connectivity index (χ4v) is 2.56. The first-order valence-electron chi connectivity index (χ1n) is 6.67. The van der Waals surface area contributed by atoms with E-state index in [1.165, 1.54) is 43.6 Å². The summed E-state index contributed by atoms with van der Waals surface area (Å²) in [6, 6.07) is 9.73. The lowest BCUT2D eigenvalue weighted by molar-refractivity contribution is 0.272. The van der Waals surface area contributed by atoms with Gasteiger partial charge in [-0.15, -0.1) is 0 Å². The molecule has 2 nitrogen and oxygen atoms in total. The van der Waals surface area contributed by atoms with Crippen LogP contribution in [0.15, 0.2) is 24.3 Å². The molecule has 0 N–H and O–H groups in total. The molecular formula is C15H24N2. The number of anilines is 1. The molecule has 2 rings (SSSR count). The Morgan fingerprint density at radius 3 is 2.47 bits per heavy atom. The van der Waals surface area contributed by atoms with Crippen LogP contribution in [-0.4, -0.2) is 38.1 Å². The Morgan fingerprint density at radius 2 is 1.94 bits per heavy atom. The second kappa shape index (κ2) is 5.54. The van der Waals surface area contributed by atoms with Crippen molar-refractivity contribution in [2.75, 3.05) is 32.1 Å². The van der Waals surface area contributed by atoms with Crippen LogP contribution in [0.25, 0.3) is 0 Å². The van der Waals surface area contributed by atoms with Crippen LogP contribution in [0.1, 0.15) is 25.3 Å². The predicted molar refractivity (Wildman–Crippen MR) is 74.7 cm³/mol. The Bertz CT molecular complexity index is 342. The average molecular weight is 232 g/mol. The van der Waals surface area contributed by atoms with Gasteiger partial charge in [0.15, 0.2) is 0 Å². The second-order valence-electron chi connectivity index (χ2n) is 5.34. The van der Waals surface area contributed by atoms with Crippen LogP contribution in [0.5, 0.6) is 0 Å². The molecule has 17 heavy (non-hydrogen) atoms. The third-order valence-electron chi connectivity index (χ3n) is 3.83. The van der Waals surface area contributed by atoms with Crippen LogP contribution >= 0.6 is 0 Å². The molecule has 1 aromatic rings. The van der Waals surface area contributed by atoms with Gasteiger partial charge in [-0.1, -0.05) is 12.1 Å². The second-order valence-corrected chi connectivity index (χ2v) is 5.34. The van der Waals surface area contributed by atoms with E-state index in [0.717, 1.165) is 6.04 Å². The highest BCUT2D eigenvalue weighted by atomic mass is 15.2. The molecule has 0 radical (unpaired) electrons. The zero-order chi connectivity index (χ0) is 12.3. The van der Waals surface area contributed by atoms with Gasteiger partial charge in [0, 0.05) is 32.4 Å². The monoisotopic (exact) mass is 232 g/mol. The Kier molecular flexibility index (Phi) is 4.06. The summed E-state index contributed by atoms with van der Waals surface area (Å²) in [6.45, 7) is 4.85. The van der Waals surface area contributed by atoms with Crippen molar-refractivity contribution in [2.45, 2.75) is 32.2 Å². The molecule has 0 saturated carbocycles. The maximum Gasteiger partial charge on any atom is 0.0361 e. The summed E-state index contributed by atoms with van der Waals surface area (Å²) in [6.07, 6.45) is 3.93. The van der Waals surface area contributed by atoms with Gasteiger partial charge < -0.3 is 9.80 Å². The standard InChI is InChI=1S/C15H24N2/c1-13-5-4-11-17(13)12-10-14-6-8-15(9-7-14)16(2)3/h6-9,13H,4-5,10-12H2,1-3H3/t13-/m1/s1. The minimum Gasteiger partial charge on any atom is -0.378 e. The maximum absolute atomic E-state index is 2.61. The van der Waals surface area contributed by atoms with Crippen LogP contribution in [0.2, 0.25) is 0 Å². The molecule has 1 saturated heterocycles. The summed E-state index contributed by atoms with van der Waals surface area (Å²) >= 11 is 0. The van der Waals surface area contributed by atoms with Crippen LogP contribution in [0.3, 0.4) is 0 Å². The van der Waals surface area contributed by atoms with Gasteiger partial charge in [0.05, 0.1) is 0 Å². The van der Waals surface area contributed by atoms with Crippen LogP contribution in [0, 0.1) is 0 Å². The highest BCUT2D eigenvalue weighted by molar-refractivity contribution is 5.46. The van der Waals surface area contributed by atoms with Gasteiger partial charge in [0.2, 0.25) is 0 Å². The Morgan fingerprint density at radius 1 is 1.24 bits per heavy atom. The highest BCUT2D eigenvalue weighted by Gasteiger charge is 2.19. The van der Waals surface area contributed by atoms with Gasteiger partial charge in [-0.3, -0.25) is 0 Å². The lowest BCUT2D eigenvalue weighted by Crippen LogP contribution is -2.28. The molecule has 1 fully saturated rings. The zero-order valence-electron chi connectivity index (χ0n) is 11.3. The minimum absolute atomic E-state index is 0.788. The van der Waals surface area contributed by atoms with Gasteiger partial charge in [-0.05, 0) is 50.4 Å². The van der Waals surface area contributed by atoms with Crippen molar-refractivity contribution >= 4 is 5.69 Å². The molecule has 1 atom stereocenters. The first-order chi connectivity index (χ1) is 8.16. The lowest BCUT2D eigenvalue weighted by Gasteiger charge is -2.21. The zero-order valence-corrected chi connectivity index (χ0v) is 11.3. The summed E-state index contributed by atoms with van der Waals surface area (Å²) < 4.78 is 0. The van der Waals surface area contributed by atoms with Crippen LogP contribution in [0.4, 0.5) is 5.69 Å². The summed E-state index contributed by atoms with van der Waals surface area (Å²) in [4.78, 5) is 4.76. The molecule has 1 aliphatic rings. The highest BCUT2D eigenvalue weighted by Crippen LogP contribution is 2.18. The molecule has 0 bridgehead atoms. The van der Waals surface area contributed by atoms with Crippen molar-refractivity contribution in [3.05, 3.63) is 29.8 Å². The maximum atomic E-state index is 2.61. The van der Waals surface area contributed by atoms with Crippen molar-refractivity contribution in [1.29, 1.82) is 0 Å². The van der Waals surface area contributed by atoms with E-state index >= 15 is 0 Å². The molecule has 0 amide bonds. The van der Waals surface area contributed by atoms with Crippen LogP contribution < -0.4 is 4.90 Å². The molecule has 0 aromatic heterocycles. The largest absolute Gasteiger partial charge is 0.378 e. The van der Waals surface area contributed by atoms with E-state index in [1.807, 2.05) is 0 Å². The number of nitrogens with zero attached hydrogens (tertiary/aromatic N) is 2. The molecule has 0 unspecified atom stereocenters. The minimum atomic E-state index is 0.788. The Labute approximate surface area is 105 Å². The third kappa shape index (κ3) is 3.22. The van der Waals surface area contributed by atoms with Crippen molar-refractivity contribution in [3.8, 4) is 0 Å². The van der Waals surface area contributed by atoms with E-state index in [-0.39, 0.29) is 0 Å². The average Bonchev–Trinajstić information content (AvgIpc) is 2.73. The fourth-order valence-electron chi connectivity index (χ4n) is 2.56. The molecule has 0 spiro atoms. The Balaban J connectivity index is 1.86. The van der Waals surface area contributed by atoms with Crippen molar-refractivity contribution in [2.24, 2.45) is 0 Å². The number of hydrogen-bond acceptors (Lipinski definition) is 2. The Hall–Kier alpha value is -1.02. The summed E-state index contributed by atoms with van der Waals surface area (Å²) in [5.41, 5.74) is 2.73. The van der Waals surface area contributed by atoms with E-state index in [4.69, 9.17) is 0 Å². The quantitative estimate of drug-likeness (QED) is 0.787. The normalized spacial score (nSPS) is 20.8. The van der Waals surface area contributed by atoms with E-state index in [2.05, 4.69) is 55.1 Å². The van der Waals surface area contributed by atoms with Gasteiger partial charge in [-0.25, -0.2) is 0 Å². The molecule has 1 aliphatic heterocycles. The first kappa shape index (κ1) is 12.4. The predicted octanol–water partition coefficient (Wildman–Crippen LogP) is 2.78. The topological polar surface area (TPSA) is 6.48 Å². The van der Waals surface area contributed by atoms with E-state index in [0.29, 0.717) is 0 Å². The number of benzene rings is 1. The van der Waals surface area contributed by atoms with Crippen molar-refractivity contribution in [3.63, 3.8) is 0 Å². The summed E-state index contributed by atoms with van der Waals surface area (Å²) in [7, 11) is 4.17. The molecule has 94 valence electrons. The first-order valence-corrected chi connectivity index (χ1v) is 6.67. The SMILES string of the molecule is C[C@@H]1CCCN1CCc1ccc(N(C)C)cc1. The van der Waals surface area contributed by atoms with E-state index in [1.54, 1.807) is 0 Å². The number of likely N-dealkylation sites (tertiary alicyclic amines) is 1. The van der Waals surface area contributed by atoms with Crippen molar-refractivity contribution < 1.29 is 0 Å². The van der Waals surface area contributed by atoms with Gasteiger partial charge in [0.1, 0.15) is 0 Å². The third-order valence-corrected chi connectivity index (χ3v) is 3.83. The van der Waals surface area contributed by atoms with E-state index in [9.17, 15) is 0 Å². The fraction of sp³-hybridized carbons (Fsp3) is 0.600. The molecule has 2 heteroatoms.